The van der Waals surface area contributed by atoms with Gasteiger partial charge >= 0.3 is 5.97 Å². The number of hydrogen-bond acceptors (Lipinski definition) is 2. The first-order valence-electron chi connectivity index (χ1n) is 14.6. The molecule has 0 aliphatic carbocycles. The average molecular weight is 475 g/mol. The monoisotopic (exact) mass is 474 g/mol. The molecule has 0 aliphatic heterocycles. The number of unbranched alkanes of at least 4 members (excludes halogenated alkanes) is 17. The van der Waals surface area contributed by atoms with Gasteiger partial charge in [0.05, 0.1) is 5.92 Å². The Morgan fingerprint density at radius 3 is 1.41 bits per heavy atom. The van der Waals surface area contributed by atoms with Gasteiger partial charge in [0.1, 0.15) is 5.75 Å². The first-order valence-corrected chi connectivity index (χ1v) is 14.6. The molecule has 0 aliphatic rings. The van der Waals surface area contributed by atoms with Crippen molar-refractivity contribution in [3.63, 3.8) is 0 Å². The minimum absolute atomic E-state index is 0.210. The molecule has 0 radical (unpaired) electrons. The van der Waals surface area contributed by atoms with Crippen molar-refractivity contribution in [3.8, 4) is 5.75 Å². The zero-order chi connectivity index (χ0) is 24.7. The Hall–Kier alpha value is -1.51. The Bertz CT molecular complexity index is 581. The van der Waals surface area contributed by atoms with E-state index in [-0.39, 0.29) is 11.7 Å². The number of carboxylic acid groups (broad SMARTS) is 1. The van der Waals surface area contributed by atoms with E-state index in [1.165, 1.54) is 109 Å². The summed E-state index contributed by atoms with van der Waals surface area (Å²) in [6, 6.07) is 7.23. The van der Waals surface area contributed by atoms with Crippen molar-refractivity contribution in [2.24, 2.45) is 5.92 Å². The molecule has 1 unspecified atom stereocenters. The Labute approximate surface area is 210 Å². The zero-order valence-corrected chi connectivity index (χ0v) is 22.2. The third-order valence-corrected chi connectivity index (χ3v) is 7.21. The van der Waals surface area contributed by atoms with Gasteiger partial charge < -0.3 is 10.2 Å². The number of phenolic OH excluding ortho intramolecular Hbond substituents is 1. The number of aliphatic carboxylic acids is 1. The SMILES string of the molecule is CCCCCCCCCCCCCCCCCCCCC(CCCc1ccc(O)cc1)C(=O)O. The van der Waals surface area contributed by atoms with Crippen LogP contribution in [0.25, 0.3) is 0 Å². The molecule has 0 aromatic heterocycles. The lowest BCUT2D eigenvalue weighted by molar-refractivity contribution is -0.142. The van der Waals surface area contributed by atoms with Gasteiger partial charge in [-0.1, -0.05) is 135 Å². The lowest BCUT2D eigenvalue weighted by Gasteiger charge is -2.12. The fraction of sp³-hybridized carbons (Fsp3) is 0.774. The van der Waals surface area contributed by atoms with Crippen LogP contribution in [0.3, 0.4) is 0 Å². The van der Waals surface area contributed by atoms with Crippen molar-refractivity contribution in [1.82, 2.24) is 0 Å². The predicted octanol–water partition coefficient (Wildman–Crippen LogP) is 9.85. The molecule has 0 heterocycles. The van der Waals surface area contributed by atoms with Gasteiger partial charge in [0.25, 0.3) is 0 Å². The zero-order valence-electron chi connectivity index (χ0n) is 22.2. The summed E-state index contributed by atoms with van der Waals surface area (Å²) in [6.45, 7) is 2.28. The normalized spacial score (nSPS) is 12.1. The number of phenols is 1. The summed E-state index contributed by atoms with van der Waals surface area (Å²) < 4.78 is 0. The molecule has 196 valence electrons. The molecule has 3 nitrogen and oxygen atoms in total. The number of hydrogen-bond donors (Lipinski definition) is 2. The van der Waals surface area contributed by atoms with Crippen molar-refractivity contribution < 1.29 is 15.0 Å². The summed E-state index contributed by atoms with van der Waals surface area (Å²) in [5, 5.41) is 18.9. The number of aromatic hydroxyl groups is 1. The lowest BCUT2D eigenvalue weighted by atomic mass is 9.94. The molecular weight excluding hydrogens is 420 g/mol. The molecule has 1 atom stereocenters. The Morgan fingerprint density at radius 2 is 1.00 bits per heavy atom. The molecule has 0 amide bonds. The van der Waals surface area contributed by atoms with Gasteiger partial charge in [0, 0.05) is 0 Å². The van der Waals surface area contributed by atoms with Gasteiger partial charge in [-0.2, -0.15) is 0 Å². The van der Waals surface area contributed by atoms with E-state index in [1.807, 2.05) is 12.1 Å². The fourth-order valence-electron chi connectivity index (χ4n) is 4.90. The van der Waals surface area contributed by atoms with Crippen LogP contribution in [0.1, 0.15) is 147 Å². The fourth-order valence-corrected chi connectivity index (χ4v) is 4.90. The summed E-state index contributed by atoms with van der Waals surface area (Å²) in [5.41, 5.74) is 1.16. The molecule has 0 saturated heterocycles. The third kappa shape index (κ3) is 17.9. The summed E-state index contributed by atoms with van der Waals surface area (Å²) in [7, 11) is 0. The Kier molecular flexibility index (Phi) is 19.7. The maximum absolute atomic E-state index is 11.6. The minimum atomic E-state index is -0.641. The van der Waals surface area contributed by atoms with Gasteiger partial charge in [-0.15, -0.1) is 0 Å². The lowest BCUT2D eigenvalue weighted by Crippen LogP contribution is -2.14. The number of rotatable bonds is 24. The van der Waals surface area contributed by atoms with Crippen LogP contribution in [0, 0.1) is 5.92 Å². The first-order chi connectivity index (χ1) is 16.6. The first kappa shape index (κ1) is 30.5. The van der Waals surface area contributed by atoms with Gasteiger partial charge in [-0.05, 0) is 43.4 Å². The second-order valence-corrected chi connectivity index (χ2v) is 10.4. The number of aryl methyl sites for hydroxylation is 1. The van der Waals surface area contributed by atoms with E-state index in [4.69, 9.17) is 0 Å². The van der Waals surface area contributed by atoms with Crippen LogP contribution in [0.4, 0.5) is 0 Å². The maximum Gasteiger partial charge on any atom is 0.306 e. The molecule has 0 saturated carbocycles. The Morgan fingerprint density at radius 1 is 0.618 bits per heavy atom. The molecule has 2 N–H and O–H groups in total. The summed E-state index contributed by atoms with van der Waals surface area (Å²) in [5.74, 6) is -0.572. The van der Waals surface area contributed by atoms with E-state index in [2.05, 4.69) is 6.92 Å². The second-order valence-electron chi connectivity index (χ2n) is 10.4. The van der Waals surface area contributed by atoms with Crippen molar-refractivity contribution in [2.75, 3.05) is 0 Å². The molecular formula is C31H54O3. The number of carboxylic acids is 1. The van der Waals surface area contributed by atoms with Crippen LogP contribution in [-0.4, -0.2) is 16.2 Å². The largest absolute Gasteiger partial charge is 0.508 e. The summed E-state index contributed by atoms with van der Waals surface area (Å²) in [4.78, 5) is 11.6. The third-order valence-electron chi connectivity index (χ3n) is 7.21. The highest BCUT2D eigenvalue weighted by Gasteiger charge is 2.16. The van der Waals surface area contributed by atoms with Crippen molar-refractivity contribution >= 4 is 5.97 Å². The average Bonchev–Trinajstić information content (AvgIpc) is 2.83. The van der Waals surface area contributed by atoms with Crippen molar-refractivity contribution in [1.29, 1.82) is 0 Å². The molecule has 1 aromatic carbocycles. The van der Waals surface area contributed by atoms with Crippen molar-refractivity contribution in [2.45, 2.75) is 148 Å². The van der Waals surface area contributed by atoms with Crippen LogP contribution in [0.15, 0.2) is 24.3 Å². The molecule has 0 bridgehead atoms. The molecule has 0 fully saturated rings. The highest BCUT2D eigenvalue weighted by atomic mass is 16.4. The molecule has 1 aromatic rings. The van der Waals surface area contributed by atoms with E-state index < -0.39 is 5.97 Å². The quantitative estimate of drug-likeness (QED) is 0.147. The number of carbonyl (C=O) groups is 1. The van der Waals surface area contributed by atoms with Crippen LogP contribution in [0.2, 0.25) is 0 Å². The highest BCUT2D eigenvalue weighted by molar-refractivity contribution is 5.69. The van der Waals surface area contributed by atoms with Crippen LogP contribution in [0.5, 0.6) is 5.75 Å². The van der Waals surface area contributed by atoms with Crippen molar-refractivity contribution in [3.05, 3.63) is 29.8 Å². The van der Waals surface area contributed by atoms with Gasteiger partial charge in [-0.3, -0.25) is 4.79 Å². The highest BCUT2D eigenvalue weighted by Crippen LogP contribution is 2.20. The van der Waals surface area contributed by atoms with E-state index in [0.29, 0.717) is 0 Å². The van der Waals surface area contributed by atoms with Gasteiger partial charge in [-0.25, -0.2) is 0 Å². The molecule has 34 heavy (non-hydrogen) atoms. The molecule has 0 spiro atoms. The summed E-state index contributed by atoms with van der Waals surface area (Å²) in [6.07, 6.45) is 27.8. The smallest absolute Gasteiger partial charge is 0.306 e. The van der Waals surface area contributed by atoms with Gasteiger partial charge in [0.2, 0.25) is 0 Å². The van der Waals surface area contributed by atoms with E-state index >= 15 is 0 Å². The van der Waals surface area contributed by atoms with Crippen LogP contribution in [-0.2, 0) is 11.2 Å². The Balaban J connectivity index is 1.87. The predicted molar refractivity (Wildman–Crippen MR) is 146 cm³/mol. The minimum Gasteiger partial charge on any atom is -0.508 e. The standard InChI is InChI=1S/C31H54O3/c1-2-3-4-5-6-7-8-9-10-11-12-13-14-15-16-17-18-19-22-29(31(33)34)23-20-21-28-24-26-30(32)27-25-28/h24-27,29,32H,2-23H2,1H3,(H,33,34). The van der Waals surface area contributed by atoms with Crippen LogP contribution < -0.4 is 0 Å². The van der Waals surface area contributed by atoms with E-state index in [0.717, 1.165) is 37.7 Å². The van der Waals surface area contributed by atoms with E-state index in [1.54, 1.807) is 12.1 Å². The van der Waals surface area contributed by atoms with E-state index in [9.17, 15) is 15.0 Å². The maximum atomic E-state index is 11.6. The number of benzene rings is 1. The molecule has 3 heteroatoms. The van der Waals surface area contributed by atoms with Gasteiger partial charge in [0.15, 0.2) is 0 Å². The second kappa shape index (κ2) is 22.0. The topological polar surface area (TPSA) is 57.5 Å². The molecule has 1 rings (SSSR count). The van der Waals surface area contributed by atoms with Crippen LogP contribution >= 0.6 is 0 Å². The summed E-state index contributed by atoms with van der Waals surface area (Å²) >= 11 is 0.